The van der Waals surface area contributed by atoms with Gasteiger partial charge in [0.25, 0.3) is 0 Å². The van der Waals surface area contributed by atoms with E-state index in [1.807, 2.05) is 43.5 Å². The molecule has 8 heteroatoms. The minimum atomic E-state index is -0.290. The highest BCUT2D eigenvalue weighted by Gasteiger charge is 2.37. The van der Waals surface area contributed by atoms with Crippen LogP contribution in [0.1, 0.15) is 62.8 Å². The summed E-state index contributed by atoms with van der Waals surface area (Å²) in [7, 11) is 7.23. The van der Waals surface area contributed by atoms with E-state index in [4.69, 9.17) is 15.4 Å². The Hall–Kier alpha value is -0.890. The van der Waals surface area contributed by atoms with Crippen molar-refractivity contribution in [3.8, 4) is 0 Å². The number of rotatable bonds is 6. The van der Waals surface area contributed by atoms with Crippen LogP contribution in [0.3, 0.4) is 0 Å². The van der Waals surface area contributed by atoms with Crippen LogP contribution in [-0.2, 0) is 22.5 Å². The van der Waals surface area contributed by atoms with Crippen molar-refractivity contribution in [3.63, 3.8) is 0 Å². The average Bonchev–Trinajstić information content (AvgIpc) is 2.95. The number of ketones is 1. The summed E-state index contributed by atoms with van der Waals surface area (Å²) < 4.78 is 8.08. The molecule has 0 saturated heterocycles. The second-order valence-electron chi connectivity index (χ2n) is 7.84. The fourth-order valence-electron chi connectivity index (χ4n) is 3.69. The number of carbonyl (C=O) groups is 2. The van der Waals surface area contributed by atoms with Crippen molar-refractivity contribution in [2.45, 2.75) is 75.6 Å². The lowest BCUT2D eigenvalue weighted by Crippen LogP contribution is -2.29. The first-order chi connectivity index (χ1) is 14.7. The van der Waals surface area contributed by atoms with Crippen LogP contribution in [0.15, 0.2) is 37.4 Å². The molecule has 1 aliphatic carbocycles. The van der Waals surface area contributed by atoms with E-state index in [2.05, 4.69) is 29.8 Å². The van der Waals surface area contributed by atoms with Crippen molar-refractivity contribution in [1.82, 2.24) is 4.57 Å². The summed E-state index contributed by atoms with van der Waals surface area (Å²) in [6, 6.07) is 5.91. The lowest BCUT2D eigenvalue weighted by Gasteiger charge is -2.30. The predicted octanol–water partition coefficient (Wildman–Crippen LogP) is 7.70. The van der Waals surface area contributed by atoms with Crippen molar-refractivity contribution in [2.75, 3.05) is 6.61 Å². The topological polar surface area (TPSA) is 48.3 Å². The van der Waals surface area contributed by atoms with Crippen molar-refractivity contribution in [2.24, 2.45) is 5.41 Å². The van der Waals surface area contributed by atoms with Gasteiger partial charge < -0.3 is 9.30 Å². The number of benzene rings is 1. The van der Waals surface area contributed by atoms with Crippen LogP contribution in [0, 0.1) is 12.3 Å². The zero-order chi connectivity index (χ0) is 23.3. The molecule has 3 rings (SSSR count). The van der Waals surface area contributed by atoms with Crippen molar-refractivity contribution < 1.29 is 14.3 Å². The molecule has 0 spiro atoms. The van der Waals surface area contributed by atoms with E-state index >= 15 is 0 Å². The number of esters is 1. The van der Waals surface area contributed by atoms with Crippen LogP contribution in [0.25, 0.3) is 0 Å². The molecular formula is C23H29BrClNO3S2. The second-order valence-corrected chi connectivity index (χ2v) is 10.9. The number of carbonyl (C=O) groups excluding carboxylic acids is 2. The van der Waals surface area contributed by atoms with E-state index in [-0.39, 0.29) is 23.7 Å². The average molecular weight is 547 g/mol. The Morgan fingerprint density at radius 1 is 1.26 bits per heavy atom. The molecular weight excluding hydrogens is 518 g/mol. The Kier molecular flexibility index (Phi) is 9.61. The fourth-order valence-corrected chi connectivity index (χ4v) is 6.40. The van der Waals surface area contributed by atoms with Gasteiger partial charge in [-0.15, -0.1) is 0 Å². The molecule has 170 valence electrons. The third-order valence-electron chi connectivity index (χ3n) is 4.93. The third kappa shape index (κ3) is 6.12. The van der Waals surface area contributed by atoms with Gasteiger partial charge in [-0.1, -0.05) is 55.4 Å². The maximum absolute atomic E-state index is 13.1. The highest BCUT2D eigenvalue weighted by molar-refractivity contribution is 9.10. The van der Waals surface area contributed by atoms with E-state index in [0.717, 1.165) is 53.5 Å². The molecule has 0 N–H and O–H groups in total. The molecule has 1 aromatic heterocycles. The van der Waals surface area contributed by atoms with Crippen LogP contribution in [0.4, 0.5) is 0 Å². The van der Waals surface area contributed by atoms with E-state index in [0.29, 0.717) is 13.0 Å². The van der Waals surface area contributed by atoms with Crippen molar-refractivity contribution in [3.05, 3.63) is 39.6 Å². The number of fused-ring (bicyclic) bond motifs is 1. The minimum Gasteiger partial charge on any atom is -0.465 e. The predicted molar refractivity (Wildman–Crippen MR) is 134 cm³/mol. The Morgan fingerprint density at radius 2 is 1.94 bits per heavy atom. The fraction of sp³-hybridized carbons (Fsp3) is 0.478. The van der Waals surface area contributed by atoms with E-state index in [1.165, 1.54) is 11.8 Å². The molecule has 0 atom stereocenters. The summed E-state index contributed by atoms with van der Waals surface area (Å²) in [6.45, 7) is 12.4. The maximum atomic E-state index is 13.1. The van der Waals surface area contributed by atoms with Crippen molar-refractivity contribution in [1.29, 1.82) is 0 Å². The summed E-state index contributed by atoms with van der Waals surface area (Å²) in [5.41, 5.74) is 2.44. The van der Waals surface area contributed by atoms with Crippen LogP contribution in [-0.4, -0.2) is 22.9 Å². The van der Waals surface area contributed by atoms with Gasteiger partial charge in [0.05, 0.1) is 12.2 Å². The highest BCUT2D eigenvalue weighted by Crippen LogP contribution is 2.46. The summed E-state index contributed by atoms with van der Waals surface area (Å²) in [4.78, 5) is 28.2. The van der Waals surface area contributed by atoms with Crippen molar-refractivity contribution >= 4 is 61.1 Å². The quantitative estimate of drug-likeness (QED) is 0.347. The highest BCUT2D eigenvalue weighted by atomic mass is 79.9. The molecule has 1 aromatic carbocycles. The van der Waals surface area contributed by atoms with E-state index in [1.54, 1.807) is 6.92 Å². The number of hydrogen-bond donors (Lipinski definition) is 0. The normalized spacial score (nSPS) is 14.5. The SMILES string of the molecule is CC.CCOC(=O)Cn1c(C)c(Sc2ccc(Br)cc2SCl)c2c1CC(C)(C)CC2=O. The molecule has 0 unspecified atom stereocenters. The summed E-state index contributed by atoms with van der Waals surface area (Å²) in [6.07, 6.45) is 1.24. The van der Waals surface area contributed by atoms with Gasteiger partial charge in [0.15, 0.2) is 5.78 Å². The number of hydrogen-bond acceptors (Lipinski definition) is 5. The number of aromatic nitrogens is 1. The maximum Gasteiger partial charge on any atom is 0.325 e. The van der Waals surface area contributed by atoms with Gasteiger partial charge in [-0.05, 0) is 65.5 Å². The molecule has 1 heterocycles. The van der Waals surface area contributed by atoms with E-state index in [9.17, 15) is 9.59 Å². The minimum absolute atomic E-state index is 0.114. The standard InChI is InChI=1S/C21H23BrClNO3S2.C2H6/c1-5-27-18(26)11-24-12(2)20(19-14(24)9-21(3,4)10-15(19)25)28-16-7-6-13(22)8-17(16)29-23;1-2/h6-8H,5,9-11H2,1-4H3;1-2H3. The number of halogens is 2. The molecule has 2 aromatic rings. The zero-order valence-electron chi connectivity index (χ0n) is 18.8. The van der Waals surface area contributed by atoms with Gasteiger partial charge in [-0.3, -0.25) is 9.59 Å². The first kappa shape index (κ1) is 26.4. The molecule has 31 heavy (non-hydrogen) atoms. The molecule has 0 fully saturated rings. The Balaban J connectivity index is 0.00000166. The Bertz CT molecular complexity index is 972. The molecule has 1 aliphatic rings. The largest absolute Gasteiger partial charge is 0.465 e. The van der Waals surface area contributed by atoms with Crippen LogP contribution in [0.5, 0.6) is 0 Å². The Morgan fingerprint density at radius 3 is 2.55 bits per heavy atom. The molecule has 0 aliphatic heterocycles. The Labute approximate surface area is 206 Å². The molecule has 0 radical (unpaired) electrons. The summed E-state index contributed by atoms with van der Waals surface area (Å²) in [5, 5.41) is 0. The van der Waals surface area contributed by atoms with Gasteiger partial charge in [0.1, 0.15) is 6.54 Å². The first-order valence-electron chi connectivity index (χ1n) is 10.3. The van der Waals surface area contributed by atoms with Crippen LogP contribution in [0.2, 0.25) is 0 Å². The smallest absolute Gasteiger partial charge is 0.325 e. The van der Waals surface area contributed by atoms with Gasteiger partial charge in [0.2, 0.25) is 0 Å². The van der Waals surface area contributed by atoms with Gasteiger partial charge in [-0.25, -0.2) is 0 Å². The number of ether oxygens (including phenoxy) is 1. The van der Waals surface area contributed by atoms with Gasteiger partial charge in [0, 0.05) is 37.0 Å². The molecule has 0 amide bonds. The van der Waals surface area contributed by atoms with Gasteiger partial charge in [-0.2, -0.15) is 0 Å². The molecule has 0 bridgehead atoms. The third-order valence-corrected chi connectivity index (χ3v) is 7.84. The molecule has 4 nitrogen and oxygen atoms in total. The van der Waals surface area contributed by atoms with E-state index < -0.39 is 0 Å². The van der Waals surface area contributed by atoms with Crippen LogP contribution < -0.4 is 0 Å². The zero-order valence-corrected chi connectivity index (χ0v) is 22.8. The second kappa shape index (κ2) is 11.3. The van der Waals surface area contributed by atoms with Crippen LogP contribution >= 0.6 is 49.3 Å². The summed E-state index contributed by atoms with van der Waals surface area (Å²) in [5.74, 6) is -0.164. The number of nitrogens with zero attached hydrogens (tertiary/aromatic N) is 1. The van der Waals surface area contributed by atoms with Gasteiger partial charge >= 0.3 is 5.97 Å². The molecule has 0 saturated carbocycles. The first-order valence-corrected chi connectivity index (χ1v) is 13.6. The monoisotopic (exact) mass is 545 g/mol. The lowest BCUT2D eigenvalue weighted by molar-refractivity contribution is -0.143. The lowest BCUT2D eigenvalue weighted by atomic mass is 9.76. The number of Topliss-reactive ketones (excluding diaryl/α,β-unsaturated/α-hetero) is 1. The summed E-state index contributed by atoms with van der Waals surface area (Å²) >= 11 is 5.01.